The number of aromatic nitrogens is 3. The van der Waals surface area contributed by atoms with Crippen molar-refractivity contribution >= 4 is 35.1 Å². The third kappa shape index (κ3) is 2.83. The van der Waals surface area contributed by atoms with Gasteiger partial charge >= 0.3 is 0 Å². The number of fused-ring (bicyclic) bond motifs is 1. The molecule has 1 aliphatic rings. The van der Waals surface area contributed by atoms with Crippen LogP contribution >= 0.6 is 12.4 Å². The minimum atomic E-state index is 0. The van der Waals surface area contributed by atoms with E-state index < -0.39 is 0 Å². The monoisotopic (exact) mass is 331 g/mol. The molecule has 3 aromatic rings. The van der Waals surface area contributed by atoms with Crippen molar-refractivity contribution in [2.45, 2.75) is 0 Å². The van der Waals surface area contributed by atoms with Gasteiger partial charge in [-0.1, -0.05) is 30.3 Å². The number of hydrogen-bond donors (Lipinski definition) is 2. The molecule has 120 valence electrons. The van der Waals surface area contributed by atoms with Gasteiger partial charge in [0, 0.05) is 18.7 Å². The average Bonchev–Trinajstić information content (AvgIpc) is 2.97. The molecule has 0 aliphatic carbocycles. The lowest BCUT2D eigenvalue weighted by atomic mass is 10.0. The third-order valence-corrected chi connectivity index (χ3v) is 3.96. The Morgan fingerprint density at radius 1 is 1.13 bits per heavy atom. The van der Waals surface area contributed by atoms with Crippen LogP contribution in [0.2, 0.25) is 0 Å². The lowest BCUT2D eigenvalue weighted by Gasteiger charge is -2.28. The Hall–Kier alpha value is -2.31. The highest BCUT2D eigenvalue weighted by atomic mass is 35.5. The molecule has 1 aliphatic heterocycles. The number of morpholine rings is 1. The van der Waals surface area contributed by atoms with Crippen molar-refractivity contribution in [3.05, 3.63) is 36.4 Å². The van der Waals surface area contributed by atoms with E-state index in [0.717, 1.165) is 48.6 Å². The molecular weight excluding hydrogens is 314 g/mol. The standard InChI is InChI=1S/C16H17N5O.ClH/c17-15-14-12(11-4-2-1-3-5-11)10-13(18-16(14)20-19-15)21-6-8-22-9-7-21;/h1-5,10H,6-9H2,(H3,17,18,19,20);1H. The number of aromatic amines is 1. The minimum Gasteiger partial charge on any atom is -0.383 e. The number of H-pyrrole nitrogens is 1. The molecule has 4 rings (SSSR count). The number of pyridine rings is 1. The Bertz CT molecular complexity index is 799. The predicted octanol–water partition coefficient (Wildman–Crippen LogP) is 2.47. The van der Waals surface area contributed by atoms with Gasteiger partial charge < -0.3 is 15.4 Å². The molecule has 0 saturated carbocycles. The minimum absolute atomic E-state index is 0. The first-order valence-corrected chi connectivity index (χ1v) is 7.35. The van der Waals surface area contributed by atoms with Gasteiger partial charge in [0.05, 0.1) is 18.6 Å². The first-order valence-electron chi connectivity index (χ1n) is 7.35. The largest absolute Gasteiger partial charge is 0.383 e. The molecule has 1 fully saturated rings. The molecular formula is C16H18ClN5O. The van der Waals surface area contributed by atoms with Crippen molar-refractivity contribution in [1.29, 1.82) is 0 Å². The molecule has 1 saturated heterocycles. The van der Waals surface area contributed by atoms with E-state index in [1.165, 1.54) is 0 Å². The number of nitrogens with one attached hydrogen (secondary N) is 1. The Morgan fingerprint density at radius 3 is 2.61 bits per heavy atom. The number of hydrogen-bond acceptors (Lipinski definition) is 5. The second-order valence-corrected chi connectivity index (χ2v) is 5.33. The number of nitrogens with zero attached hydrogens (tertiary/aromatic N) is 3. The molecule has 0 amide bonds. The Balaban J connectivity index is 0.00000156. The molecule has 3 N–H and O–H groups in total. The highest BCUT2D eigenvalue weighted by Gasteiger charge is 2.18. The first kappa shape index (κ1) is 15.6. The van der Waals surface area contributed by atoms with Crippen LogP contribution in [0, 0.1) is 0 Å². The predicted molar refractivity (Wildman–Crippen MR) is 94.0 cm³/mol. The van der Waals surface area contributed by atoms with E-state index in [1.807, 2.05) is 18.2 Å². The van der Waals surface area contributed by atoms with Crippen molar-refractivity contribution in [2.75, 3.05) is 36.9 Å². The van der Waals surface area contributed by atoms with E-state index in [0.29, 0.717) is 11.5 Å². The highest BCUT2D eigenvalue weighted by molar-refractivity contribution is 6.01. The van der Waals surface area contributed by atoms with Gasteiger partial charge in [-0.15, -0.1) is 12.4 Å². The van der Waals surface area contributed by atoms with Gasteiger partial charge in [0.2, 0.25) is 0 Å². The van der Waals surface area contributed by atoms with Crippen LogP contribution in [-0.4, -0.2) is 41.5 Å². The lowest BCUT2D eigenvalue weighted by Crippen LogP contribution is -2.36. The number of nitrogen functional groups attached to an aromatic ring is 1. The zero-order chi connectivity index (χ0) is 14.9. The van der Waals surface area contributed by atoms with Crippen molar-refractivity contribution < 1.29 is 4.74 Å². The van der Waals surface area contributed by atoms with Gasteiger partial charge in [-0.05, 0) is 11.6 Å². The SMILES string of the molecule is Cl.Nc1[nH]nc2nc(N3CCOCC3)cc(-c3ccccc3)c12. The van der Waals surface area contributed by atoms with Gasteiger partial charge in [-0.3, -0.25) is 5.10 Å². The Morgan fingerprint density at radius 2 is 1.87 bits per heavy atom. The van der Waals surface area contributed by atoms with E-state index >= 15 is 0 Å². The summed E-state index contributed by atoms with van der Waals surface area (Å²) in [5.41, 5.74) is 8.87. The zero-order valence-electron chi connectivity index (χ0n) is 12.5. The van der Waals surface area contributed by atoms with Crippen LogP contribution in [0.3, 0.4) is 0 Å². The van der Waals surface area contributed by atoms with E-state index in [9.17, 15) is 0 Å². The molecule has 23 heavy (non-hydrogen) atoms. The molecule has 0 atom stereocenters. The number of nitrogens with two attached hydrogens (primary N) is 1. The second-order valence-electron chi connectivity index (χ2n) is 5.33. The van der Waals surface area contributed by atoms with Crippen molar-refractivity contribution in [2.24, 2.45) is 0 Å². The molecule has 0 radical (unpaired) electrons. The Kier molecular flexibility index (Phi) is 4.36. The smallest absolute Gasteiger partial charge is 0.185 e. The fourth-order valence-corrected chi connectivity index (χ4v) is 2.83. The van der Waals surface area contributed by atoms with Gasteiger partial charge in [-0.25, -0.2) is 4.98 Å². The molecule has 3 heterocycles. The molecule has 6 nitrogen and oxygen atoms in total. The summed E-state index contributed by atoms with van der Waals surface area (Å²) in [5.74, 6) is 1.47. The van der Waals surface area contributed by atoms with Crippen molar-refractivity contribution in [3.8, 4) is 11.1 Å². The molecule has 0 unspecified atom stereocenters. The fourth-order valence-electron chi connectivity index (χ4n) is 2.83. The van der Waals surface area contributed by atoms with Crippen molar-refractivity contribution in [1.82, 2.24) is 15.2 Å². The van der Waals surface area contributed by atoms with Crippen LogP contribution in [0.15, 0.2) is 36.4 Å². The fraction of sp³-hybridized carbons (Fsp3) is 0.250. The van der Waals surface area contributed by atoms with Crippen molar-refractivity contribution in [3.63, 3.8) is 0 Å². The summed E-state index contributed by atoms with van der Waals surface area (Å²) in [7, 11) is 0. The van der Waals surface area contributed by atoms with Crippen LogP contribution in [0.4, 0.5) is 11.6 Å². The van der Waals surface area contributed by atoms with Crippen LogP contribution in [-0.2, 0) is 4.74 Å². The zero-order valence-corrected chi connectivity index (χ0v) is 13.3. The van der Waals surface area contributed by atoms with Crippen LogP contribution < -0.4 is 10.6 Å². The number of halogens is 1. The average molecular weight is 332 g/mol. The third-order valence-electron chi connectivity index (χ3n) is 3.96. The van der Waals surface area contributed by atoms with Gasteiger partial charge in [0.25, 0.3) is 0 Å². The van der Waals surface area contributed by atoms with E-state index in [1.54, 1.807) is 0 Å². The molecule has 0 bridgehead atoms. The number of ether oxygens (including phenoxy) is 1. The highest BCUT2D eigenvalue weighted by Crippen LogP contribution is 2.33. The molecule has 0 spiro atoms. The number of benzene rings is 1. The van der Waals surface area contributed by atoms with Gasteiger partial charge in [0.15, 0.2) is 5.65 Å². The summed E-state index contributed by atoms with van der Waals surface area (Å²) >= 11 is 0. The summed E-state index contributed by atoms with van der Waals surface area (Å²) < 4.78 is 5.42. The summed E-state index contributed by atoms with van der Waals surface area (Å²) in [6.07, 6.45) is 0. The van der Waals surface area contributed by atoms with Gasteiger partial charge in [0.1, 0.15) is 11.6 Å². The van der Waals surface area contributed by atoms with Crippen LogP contribution in [0.5, 0.6) is 0 Å². The number of anilines is 2. The topological polar surface area (TPSA) is 80.1 Å². The summed E-state index contributed by atoms with van der Waals surface area (Å²) in [6.45, 7) is 3.13. The summed E-state index contributed by atoms with van der Waals surface area (Å²) in [5, 5.41) is 7.96. The van der Waals surface area contributed by atoms with E-state index in [-0.39, 0.29) is 12.4 Å². The van der Waals surface area contributed by atoms with Gasteiger partial charge in [-0.2, -0.15) is 5.10 Å². The maximum Gasteiger partial charge on any atom is 0.185 e. The van der Waals surface area contributed by atoms with E-state index in [4.69, 9.17) is 10.5 Å². The maximum atomic E-state index is 6.05. The molecule has 7 heteroatoms. The molecule has 1 aromatic carbocycles. The quantitative estimate of drug-likeness (QED) is 0.754. The van der Waals surface area contributed by atoms with Crippen LogP contribution in [0.1, 0.15) is 0 Å². The summed E-state index contributed by atoms with van der Waals surface area (Å²) in [6, 6.07) is 12.3. The molecule has 2 aromatic heterocycles. The normalized spacial score (nSPS) is 14.7. The van der Waals surface area contributed by atoms with Crippen LogP contribution in [0.25, 0.3) is 22.2 Å². The summed E-state index contributed by atoms with van der Waals surface area (Å²) in [4.78, 5) is 6.88. The number of rotatable bonds is 2. The second kappa shape index (κ2) is 6.44. The Labute approximate surface area is 140 Å². The first-order chi connectivity index (χ1) is 10.8. The van der Waals surface area contributed by atoms with E-state index in [2.05, 4.69) is 38.3 Å². The maximum absolute atomic E-state index is 6.05. The lowest BCUT2D eigenvalue weighted by molar-refractivity contribution is 0.122.